The highest BCUT2D eigenvalue weighted by Gasteiger charge is 2.52. The Labute approximate surface area is 107 Å². The van der Waals surface area contributed by atoms with E-state index in [0.29, 0.717) is 12.0 Å². The minimum Gasteiger partial charge on any atom is -0.512 e. The van der Waals surface area contributed by atoms with Crippen molar-refractivity contribution in [1.29, 1.82) is 0 Å². The van der Waals surface area contributed by atoms with Gasteiger partial charge in [-0.2, -0.15) is 0 Å². The number of allylic oxidation sites excluding steroid dienone is 1. The predicted molar refractivity (Wildman–Crippen MR) is 68.6 cm³/mol. The van der Waals surface area contributed by atoms with Gasteiger partial charge in [-0.25, -0.2) is 0 Å². The topological polar surface area (TPSA) is 83.6 Å². The lowest BCUT2D eigenvalue weighted by atomic mass is 9.58. The lowest BCUT2D eigenvalue weighted by molar-refractivity contribution is -0.120. The Morgan fingerprint density at radius 2 is 2.17 bits per heavy atom. The summed E-state index contributed by atoms with van der Waals surface area (Å²) in [5, 5.41) is 20.6. The molecule has 18 heavy (non-hydrogen) atoms. The third kappa shape index (κ3) is 1.85. The normalized spacial score (nSPS) is 39.6. The minimum absolute atomic E-state index is 0.0340. The van der Waals surface area contributed by atoms with Gasteiger partial charge in [-0.15, -0.1) is 0 Å². The predicted octanol–water partition coefficient (Wildman–Crippen LogP) is 1.66. The average molecular weight is 251 g/mol. The Bertz CT molecular complexity index is 440. The molecule has 2 bridgehead atoms. The van der Waals surface area contributed by atoms with Crippen molar-refractivity contribution in [2.24, 2.45) is 23.5 Å². The molecule has 4 atom stereocenters. The first kappa shape index (κ1) is 13.1. The van der Waals surface area contributed by atoms with E-state index >= 15 is 0 Å². The molecule has 2 aliphatic carbocycles. The Morgan fingerprint density at radius 3 is 2.67 bits per heavy atom. The van der Waals surface area contributed by atoms with Gasteiger partial charge in [-0.3, -0.25) is 4.79 Å². The first-order chi connectivity index (χ1) is 8.26. The van der Waals surface area contributed by atoms with Gasteiger partial charge in [0.05, 0.1) is 11.2 Å². The molecule has 100 valence electrons. The van der Waals surface area contributed by atoms with Crippen LogP contribution in [0.2, 0.25) is 0 Å². The number of hydrogen-bond donors (Lipinski definition) is 3. The molecule has 0 spiro atoms. The van der Waals surface area contributed by atoms with Crippen LogP contribution >= 0.6 is 0 Å². The van der Waals surface area contributed by atoms with Gasteiger partial charge in [0.15, 0.2) is 0 Å². The van der Waals surface area contributed by atoms with Crippen LogP contribution in [0.1, 0.15) is 33.1 Å². The second kappa shape index (κ2) is 4.12. The zero-order valence-electron chi connectivity index (χ0n) is 10.9. The molecular formula is C14H21NO3. The fraction of sp³-hybridized carbons (Fsp3) is 0.643. The highest BCUT2D eigenvalue weighted by atomic mass is 16.3. The van der Waals surface area contributed by atoms with E-state index < -0.39 is 11.5 Å². The van der Waals surface area contributed by atoms with E-state index in [9.17, 15) is 15.0 Å². The molecule has 2 aliphatic rings. The smallest absolute Gasteiger partial charge is 0.248 e. The summed E-state index contributed by atoms with van der Waals surface area (Å²) < 4.78 is 0. The number of aliphatic hydroxyl groups is 2. The number of hydrogen-bond acceptors (Lipinski definition) is 3. The summed E-state index contributed by atoms with van der Waals surface area (Å²) in [7, 11) is 0. The van der Waals surface area contributed by atoms with Crippen LogP contribution in [-0.4, -0.2) is 21.7 Å². The molecule has 0 heterocycles. The number of primary amides is 1. The van der Waals surface area contributed by atoms with Crippen LogP contribution in [0.4, 0.5) is 0 Å². The molecule has 1 fully saturated rings. The fourth-order valence-electron chi connectivity index (χ4n) is 3.48. The number of aliphatic hydroxyl groups excluding tert-OH is 1. The van der Waals surface area contributed by atoms with Crippen molar-refractivity contribution >= 4 is 5.91 Å². The van der Waals surface area contributed by atoms with Gasteiger partial charge in [0.1, 0.15) is 5.76 Å². The SMILES string of the molecule is C=C(C)[C@@H]1C[C@H]2C(C(N)=O)=C(O)C[C@@](O)(C1)[C@@H]2C. The van der Waals surface area contributed by atoms with Gasteiger partial charge in [-0.1, -0.05) is 19.1 Å². The van der Waals surface area contributed by atoms with Crippen LogP contribution in [0.3, 0.4) is 0 Å². The number of carbonyl (C=O) groups excluding carboxylic acids is 1. The van der Waals surface area contributed by atoms with E-state index in [-0.39, 0.29) is 29.9 Å². The molecule has 0 unspecified atom stereocenters. The molecule has 2 rings (SSSR count). The fourth-order valence-corrected chi connectivity index (χ4v) is 3.48. The zero-order chi connectivity index (χ0) is 13.7. The Hall–Kier alpha value is -1.29. The summed E-state index contributed by atoms with van der Waals surface area (Å²) in [6.07, 6.45) is 1.43. The van der Waals surface area contributed by atoms with E-state index in [4.69, 9.17) is 5.73 Å². The first-order valence-electron chi connectivity index (χ1n) is 6.36. The summed E-state index contributed by atoms with van der Waals surface area (Å²) in [5.74, 6) is -0.663. The quantitative estimate of drug-likeness (QED) is 0.653. The van der Waals surface area contributed by atoms with Crippen molar-refractivity contribution in [3.63, 3.8) is 0 Å². The van der Waals surface area contributed by atoms with Crippen LogP contribution in [0.5, 0.6) is 0 Å². The molecule has 0 saturated heterocycles. The number of nitrogens with two attached hydrogens (primary N) is 1. The van der Waals surface area contributed by atoms with E-state index in [1.54, 1.807) is 0 Å². The summed E-state index contributed by atoms with van der Waals surface area (Å²) in [6.45, 7) is 7.81. The van der Waals surface area contributed by atoms with Crippen molar-refractivity contribution in [2.45, 2.75) is 38.7 Å². The van der Waals surface area contributed by atoms with Crippen molar-refractivity contribution in [2.75, 3.05) is 0 Å². The summed E-state index contributed by atoms with van der Waals surface area (Å²) >= 11 is 0. The number of amides is 1. The van der Waals surface area contributed by atoms with E-state index in [1.165, 1.54) is 0 Å². The second-order valence-electron chi connectivity index (χ2n) is 5.88. The summed E-state index contributed by atoms with van der Waals surface area (Å²) in [5.41, 5.74) is 5.72. The average Bonchev–Trinajstić information content (AvgIpc) is 2.20. The van der Waals surface area contributed by atoms with Crippen LogP contribution in [0.25, 0.3) is 0 Å². The van der Waals surface area contributed by atoms with Gasteiger partial charge >= 0.3 is 0 Å². The van der Waals surface area contributed by atoms with Gasteiger partial charge in [0.25, 0.3) is 0 Å². The molecule has 4 heteroatoms. The Kier molecular flexibility index (Phi) is 3.01. The van der Waals surface area contributed by atoms with Crippen molar-refractivity contribution in [3.05, 3.63) is 23.5 Å². The van der Waals surface area contributed by atoms with Gasteiger partial charge < -0.3 is 15.9 Å². The molecule has 0 radical (unpaired) electrons. The maximum Gasteiger partial charge on any atom is 0.248 e. The summed E-state index contributed by atoms with van der Waals surface area (Å²) in [4.78, 5) is 11.5. The molecule has 1 saturated carbocycles. The number of carbonyl (C=O) groups is 1. The first-order valence-corrected chi connectivity index (χ1v) is 6.36. The summed E-state index contributed by atoms with van der Waals surface area (Å²) in [6, 6.07) is 0. The zero-order valence-corrected chi connectivity index (χ0v) is 10.9. The highest BCUT2D eigenvalue weighted by Crippen LogP contribution is 2.52. The molecule has 0 aromatic rings. The van der Waals surface area contributed by atoms with Crippen molar-refractivity contribution in [3.8, 4) is 0 Å². The highest BCUT2D eigenvalue weighted by molar-refractivity contribution is 5.93. The van der Waals surface area contributed by atoms with Crippen LogP contribution < -0.4 is 5.73 Å². The van der Waals surface area contributed by atoms with Crippen LogP contribution in [-0.2, 0) is 4.79 Å². The number of fused-ring (bicyclic) bond motifs is 2. The second-order valence-corrected chi connectivity index (χ2v) is 5.88. The third-order valence-corrected chi connectivity index (χ3v) is 4.71. The monoisotopic (exact) mass is 251 g/mol. The van der Waals surface area contributed by atoms with Crippen molar-refractivity contribution < 1.29 is 15.0 Å². The molecule has 4 N–H and O–H groups in total. The maximum absolute atomic E-state index is 11.5. The number of rotatable bonds is 2. The molecular weight excluding hydrogens is 230 g/mol. The van der Waals surface area contributed by atoms with Gasteiger partial charge in [0, 0.05) is 6.42 Å². The lowest BCUT2D eigenvalue weighted by Gasteiger charge is -2.50. The Morgan fingerprint density at radius 1 is 1.56 bits per heavy atom. The largest absolute Gasteiger partial charge is 0.512 e. The lowest BCUT2D eigenvalue weighted by Crippen LogP contribution is -2.52. The van der Waals surface area contributed by atoms with E-state index in [1.807, 2.05) is 13.8 Å². The van der Waals surface area contributed by atoms with Gasteiger partial charge in [-0.05, 0) is 37.5 Å². The molecule has 4 nitrogen and oxygen atoms in total. The van der Waals surface area contributed by atoms with Gasteiger partial charge in [0.2, 0.25) is 5.91 Å². The van der Waals surface area contributed by atoms with E-state index in [2.05, 4.69) is 6.58 Å². The van der Waals surface area contributed by atoms with Crippen LogP contribution in [0.15, 0.2) is 23.5 Å². The molecule has 1 amide bonds. The molecule has 0 aliphatic heterocycles. The minimum atomic E-state index is -0.949. The molecule has 0 aromatic heterocycles. The maximum atomic E-state index is 11.5. The Balaban J connectivity index is 2.45. The van der Waals surface area contributed by atoms with E-state index in [0.717, 1.165) is 12.0 Å². The third-order valence-electron chi connectivity index (χ3n) is 4.71. The van der Waals surface area contributed by atoms with Crippen molar-refractivity contribution in [1.82, 2.24) is 0 Å². The van der Waals surface area contributed by atoms with Crippen LogP contribution in [0, 0.1) is 17.8 Å². The standard InChI is InChI=1S/C14H21NO3/c1-7(2)9-4-10-8(3)14(18,5-9)6-11(16)12(10)13(15)17/h8-10,16,18H,1,4-6H2,2-3H3,(H2,15,17)/t8-,9-,10-,14+/m1/s1. The molecule has 0 aromatic carbocycles.